The molecule has 0 saturated carbocycles. The number of anilines is 1. The van der Waals surface area contributed by atoms with Crippen molar-refractivity contribution in [2.45, 2.75) is 33.1 Å². The highest BCUT2D eigenvalue weighted by Gasteiger charge is 2.27. The molecule has 2 rings (SSSR count). The number of hydrogen-bond acceptors (Lipinski definition) is 2. The Morgan fingerprint density at radius 3 is 2.86 bits per heavy atom. The van der Waals surface area contributed by atoms with Crippen LogP contribution in [0.2, 0.25) is 0 Å². The summed E-state index contributed by atoms with van der Waals surface area (Å²) < 4.78 is 25.5. The maximum atomic E-state index is 12.7. The van der Waals surface area contributed by atoms with Crippen LogP contribution < -0.4 is 5.32 Å². The summed E-state index contributed by atoms with van der Waals surface area (Å²) in [4.78, 5) is 13.9. The Morgan fingerprint density at radius 2 is 2.19 bits per heavy atom. The van der Waals surface area contributed by atoms with Crippen LogP contribution in [-0.2, 0) is 4.79 Å². The van der Waals surface area contributed by atoms with Gasteiger partial charge in [-0.1, -0.05) is 17.7 Å². The molecule has 1 aromatic carbocycles. The Balaban J connectivity index is 1.89. The fraction of sp³-hybridized carbons (Fsp3) is 0.562. The van der Waals surface area contributed by atoms with E-state index in [4.69, 9.17) is 0 Å². The van der Waals surface area contributed by atoms with E-state index in [2.05, 4.69) is 5.32 Å². The smallest absolute Gasteiger partial charge is 0.242 e. The van der Waals surface area contributed by atoms with Gasteiger partial charge in [-0.25, -0.2) is 8.78 Å². The molecule has 1 fully saturated rings. The first-order valence-corrected chi connectivity index (χ1v) is 7.33. The third-order valence-electron chi connectivity index (χ3n) is 3.92. The van der Waals surface area contributed by atoms with Gasteiger partial charge in [0.15, 0.2) is 0 Å². The third kappa shape index (κ3) is 4.49. The van der Waals surface area contributed by atoms with E-state index in [1.54, 1.807) is 0 Å². The summed E-state index contributed by atoms with van der Waals surface area (Å²) in [5.41, 5.74) is 2.93. The maximum absolute atomic E-state index is 12.7. The van der Waals surface area contributed by atoms with Crippen molar-refractivity contribution in [1.82, 2.24) is 4.90 Å². The van der Waals surface area contributed by atoms with Gasteiger partial charge in [0.1, 0.15) is 0 Å². The lowest BCUT2D eigenvalue weighted by molar-refractivity contribution is -0.118. The topological polar surface area (TPSA) is 32.3 Å². The molecule has 1 aliphatic rings. The van der Waals surface area contributed by atoms with Gasteiger partial charge in [-0.15, -0.1) is 0 Å². The van der Waals surface area contributed by atoms with E-state index in [1.807, 2.05) is 36.9 Å². The molecule has 0 aliphatic carbocycles. The standard InChI is InChI=1S/C16H22F2N2O/c1-11-5-6-14(12(2)8-11)19-15(21)10-20-7-3-4-13(9-20)16(17)18/h5-6,8,13,16H,3-4,7,9-10H2,1-2H3,(H,19,21). The summed E-state index contributed by atoms with van der Waals surface area (Å²) in [5.74, 6) is -0.746. The second kappa shape index (κ2) is 6.98. The highest BCUT2D eigenvalue weighted by molar-refractivity contribution is 5.93. The number of nitrogens with zero attached hydrogens (tertiary/aromatic N) is 1. The molecule has 1 aromatic rings. The summed E-state index contributed by atoms with van der Waals surface area (Å²) in [6, 6.07) is 5.82. The number of piperidine rings is 1. The number of hydrogen-bond donors (Lipinski definition) is 1. The summed E-state index contributed by atoms with van der Waals surface area (Å²) in [6.45, 7) is 5.13. The maximum Gasteiger partial charge on any atom is 0.242 e. The van der Waals surface area contributed by atoms with E-state index in [0.29, 0.717) is 19.5 Å². The second-order valence-corrected chi connectivity index (χ2v) is 5.84. The summed E-state index contributed by atoms with van der Waals surface area (Å²) in [7, 11) is 0. The minimum absolute atomic E-state index is 0.142. The van der Waals surface area contributed by atoms with Crippen molar-refractivity contribution in [2.24, 2.45) is 5.92 Å². The minimum Gasteiger partial charge on any atom is -0.325 e. The molecule has 0 bridgehead atoms. The van der Waals surface area contributed by atoms with Gasteiger partial charge in [0.05, 0.1) is 6.54 Å². The highest BCUT2D eigenvalue weighted by Crippen LogP contribution is 2.22. The predicted octanol–water partition coefficient (Wildman–Crippen LogP) is 3.22. The van der Waals surface area contributed by atoms with Gasteiger partial charge in [-0.3, -0.25) is 9.69 Å². The number of amides is 1. The van der Waals surface area contributed by atoms with Crippen LogP contribution in [0.5, 0.6) is 0 Å². The normalized spacial score (nSPS) is 19.8. The van der Waals surface area contributed by atoms with Gasteiger partial charge >= 0.3 is 0 Å². The largest absolute Gasteiger partial charge is 0.325 e. The molecule has 1 N–H and O–H groups in total. The number of halogens is 2. The number of aryl methyl sites for hydroxylation is 2. The summed E-state index contributed by atoms with van der Waals surface area (Å²) >= 11 is 0. The molecule has 1 atom stereocenters. The summed E-state index contributed by atoms with van der Waals surface area (Å²) in [6.07, 6.45) is -1.02. The molecule has 3 nitrogen and oxygen atoms in total. The number of carbonyl (C=O) groups is 1. The zero-order chi connectivity index (χ0) is 15.4. The number of benzene rings is 1. The zero-order valence-corrected chi connectivity index (χ0v) is 12.5. The van der Waals surface area contributed by atoms with Gasteiger partial charge in [-0.05, 0) is 44.9 Å². The fourth-order valence-electron chi connectivity index (χ4n) is 2.79. The van der Waals surface area contributed by atoms with Crippen molar-refractivity contribution in [3.8, 4) is 0 Å². The molecule has 21 heavy (non-hydrogen) atoms. The van der Waals surface area contributed by atoms with Crippen LogP contribution in [0.25, 0.3) is 0 Å². The number of carbonyl (C=O) groups excluding carboxylic acids is 1. The van der Waals surface area contributed by atoms with E-state index < -0.39 is 12.3 Å². The lowest BCUT2D eigenvalue weighted by atomic mass is 9.98. The summed E-state index contributed by atoms with van der Waals surface area (Å²) in [5, 5.41) is 2.86. The zero-order valence-electron chi connectivity index (χ0n) is 12.5. The van der Waals surface area contributed by atoms with Crippen LogP contribution in [0.3, 0.4) is 0 Å². The number of rotatable bonds is 4. The lowest BCUT2D eigenvalue weighted by Gasteiger charge is -2.31. The van der Waals surface area contributed by atoms with Crippen molar-refractivity contribution < 1.29 is 13.6 Å². The molecule has 1 aliphatic heterocycles. The Hall–Kier alpha value is -1.49. The van der Waals surface area contributed by atoms with Crippen LogP contribution in [0, 0.1) is 19.8 Å². The Labute approximate surface area is 124 Å². The van der Waals surface area contributed by atoms with Crippen LogP contribution in [0.1, 0.15) is 24.0 Å². The molecule has 0 radical (unpaired) electrons. The SMILES string of the molecule is Cc1ccc(NC(=O)CN2CCCC(C(F)F)C2)c(C)c1. The first-order valence-electron chi connectivity index (χ1n) is 7.33. The van der Waals surface area contributed by atoms with Crippen molar-refractivity contribution in [2.75, 3.05) is 25.0 Å². The number of alkyl halides is 2. The molecule has 1 saturated heterocycles. The lowest BCUT2D eigenvalue weighted by Crippen LogP contribution is -2.42. The van der Waals surface area contributed by atoms with Crippen molar-refractivity contribution in [1.29, 1.82) is 0 Å². The second-order valence-electron chi connectivity index (χ2n) is 5.84. The van der Waals surface area contributed by atoms with Gasteiger partial charge < -0.3 is 5.32 Å². The highest BCUT2D eigenvalue weighted by atomic mass is 19.3. The molecule has 5 heteroatoms. The minimum atomic E-state index is -2.30. The molecule has 1 amide bonds. The molecule has 1 unspecified atom stereocenters. The van der Waals surface area contributed by atoms with E-state index in [9.17, 15) is 13.6 Å². The third-order valence-corrected chi connectivity index (χ3v) is 3.92. The van der Waals surface area contributed by atoms with Gasteiger partial charge in [0, 0.05) is 18.2 Å². The Morgan fingerprint density at radius 1 is 1.43 bits per heavy atom. The van der Waals surface area contributed by atoms with Crippen LogP contribution in [0.4, 0.5) is 14.5 Å². The van der Waals surface area contributed by atoms with Gasteiger partial charge in [0.2, 0.25) is 12.3 Å². The Bertz CT molecular complexity index is 505. The van der Waals surface area contributed by atoms with Crippen LogP contribution in [0.15, 0.2) is 18.2 Å². The molecule has 0 aromatic heterocycles. The van der Waals surface area contributed by atoms with Crippen molar-refractivity contribution in [3.63, 3.8) is 0 Å². The van der Waals surface area contributed by atoms with Crippen LogP contribution >= 0.6 is 0 Å². The van der Waals surface area contributed by atoms with E-state index in [-0.39, 0.29) is 12.5 Å². The molecule has 0 spiro atoms. The van der Waals surface area contributed by atoms with E-state index >= 15 is 0 Å². The van der Waals surface area contributed by atoms with Gasteiger partial charge in [-0.2, -0.15) is 0 Å². The van der Waals surface area contributed by atoms with Crippen molar-refractivity contribution >= 4 is 11.6 Å². The van der Waals surface area contributed by atoms with Crippen LogP contribution in [-0.4, -0.2) is 36.9 Å². The quantitative estimate of drug-likeness (QED) is 0.925. The van der Waals surface area contributed by atoms with E-state index in [1.165, 1.54) is 0 Å². The number of nitrogens with one attached hydrogen (secondary N) is 1. The predicted molar refractivity (Wildman–Crippen MR) is 79.7 cm³/mol. The van der Waals surface area contributed by atoms with Gasteiger partial charge in [0.25, 0.3) is 0 Å². The Kier molecular flexibility index (Phi) is 5.28. The molecular weight excluding hydrogens is 274 g/mol. The first kappa shape index (κ1) is 15.9. The monoisotopic (exact) mass is 296 g/mol. The van der Waals surface area contributed by atoms with E-state index in [0.717, 1.165) is 23.2 Å². The fourth-order valence-corrected chi connectivity index (χ4v) is 2.79. The first-order chi connectivity index (χ1) is 9.95. The molecule has 116 valence electrons. The van der Waals surface area contributed by atoms with Crippen molar-refractivity contribution in [3.05, 3.63) is 29.3 Å². The average Bonchev–Trinajstić information content (AvgIpc) is 2.42. The average molecular weight is 296 g/mol. The molecule has 1 heterocycles. The number of likely N-dealkylation sites (tertiary alicyclic amines) is 1. The molecular formula is C16H22F2N2O.